The van der Waals surface area contributed by atoms with Crippen LogP contribution in [0.2, 0.25) is 0 Å². The molecule has 1 amide bonds. The molecule has 5 N–H and O–H groups in total. The number of aliphatic carboxylic acids is 1. The van der Waals surface area contributed by atoms with Crippen LogP contribution in [0.15, 0.2) is 0 Å². The van der Waals surface area contributed by atoms with Crippen molar-refractivity contribution in [1.29, 1.82) is 0 Å². The zero-order valence-corrected chi connectivity index (χ0v) is 8.32. The molecule has 0 aromatic rings. The summed E-state index contributed by atoms with van der Waals surface area (Å²) in [5, 5.41) is 21.1. The zero-order valence-electron chi connectivity index (χ0n) is 8.32. The Morgan fingerprint density at radius 3 is 2.29 bits per heavy atom. The highest BCUT2D eigenvalue weighted by molar-refractivity contribution is 5.85. The van der Waals surface area contributed by atoms with Crippen LogP contribution in [-0.2, 0) is 9.59 Å². The second-order valence-electron chi connectivity index (χ2n) is 3.41. The summed E-state index contributed by atoms with van der Waals surface area (Å²) in [5.41, 5.74) is 3.58. The largest absolute Gasteiger partial charge is 0.548 e. The fraction of sp³-hybridized carbons (Fsp3) is 0.750. The molecule has 0 bridgehead atoms. The molecule has 0 unspecified atom stereocenters. The molecular weight excluding hydrogens is 188 g/mol. The number of quaternary nitrogens is 1. The number of rotatable bonds is 5. The van der Waals surface area contributed by atoms with Gasteiger partial charge in [0, 0.05) is 5.92 Å². The summed E-state index contributed by atoms with van der Waals surface area (Å²) in [5.74, 6) is -1.99. The Bertz CT molecular complexity index is 217. The molecule has 0 heterocycles. The van der Waals surface area contributed by atoms with E-state index >= 15 is 0 Å². The van der Waals surface area contributed by atoms with Gasteiger partial charge in [0.2, 0.25) is 0 Å². The van der Waals surface area contributed by atoms with Crippen molar-refractivity contribution in [2.24, 2.45) is 5.92 Å². The Balaban J connectivity index is 4.22. The monoisotopic (exact) mass is 204 g/mol. The Labute approximate surface area is 82.1 Å². The van der Waals surface area contributed by atoms with Crippen LogP contribution < -0.4 is 16.2 Å². The molecule has 0 aliphatic carbocycles. The fourth-order valence-corrected chi connectivity index (χ4v) is 0.761. The number of amides is 1. The summed E-state index contributed by atoms with van der Waals surface area (Å²) in [4.78, 5) is 21.6. The van der Waals surface area contributed by atoms with E-state index in [4.69, 9.17) is 5.11 Å². The molecule has 0 aliphatic heterocycles. The van der Waals surface area contributed by atoms with Crippen LogP contribution in [-0.4, -0.2) is 35.7 Å². The van der Waals surface area contributed by atoms with Gasteiger partial charge in [-0.1, -0.05) is 13.8 Å². The van der Waals surface area contributed by atoms with E-state index in [1.54, 1.807) is 13.8 Å². The number of aliphatic hydroxyl groups excluding tert-OH is 1. The molecule has 0 radical (unpaired) electrons. The van der Waals surface area contributed by atoms with Crippen molar-refractivity contribution in [3.8, 4) is 0 Å². The first-order valence-corrected chi connectivity index (χ1v) is 4.35. The molecule has 0 fully saturated rings. The molecule has 0 saturated carbocycles. The molecule has 0 aliphatic rings. The average Bonchev–Trinajstić information content (AvgIpc) is 2.11. The van der Waals surface area contributed by atoms with Gasteiger partial charge in [-0.3, -0.25) is 4.79 Å². The van der Waals surface area contributed by atoms with Crippen molar-refractivity contribution in [3.63, 3.8) is 0 Å². The highest BCUT2D eigenvalue weighted by atomic mass is 16.4. The maximum absolute atomic E-state index is 11.3. The quantitative estimate of drug-likeness (QED) is 0.430. The van der Waals surface area contributed by atoms with E-state index in [0.717, 1.165) is 0 Å². The number of nitrogens with one attached hydrogen (secondary N) is 1. The fourth-order valence-electron chi connectivity index (χ4n) is 0.761. The van der Waals surface area contributed by atoms with Crippen molar-refractivity contribution >= 4 is 11.9 Å². The van der Waals surface area contributed by atoms with Gasteiger partial charge in [-0.2, -0.15) is 0 Å². The predicted molar refractivity (Wildman–Crippen MR) is 45.5 cm³/mol. The van der Waals surface area contributed by atoms with Gasteiger partial charge in [-0.15, -0.1) is 0 Å². The molecule has 0 rings (SSSR count). The highest BCUT2D eigenvalue weighted by Gasteiger charge is 2.23. The number of hydrogen-bond acceptors (Lipinski definition) is 4. The average molecular weight is 204 g/mol. The molecule has 82 valence electrons. The van der Waals surface area contributed by atoms with Gasteiger partial charge >= 0.3 is 0 Å². The number of aliphatic hydroxyl groups is 1. The third-order valence-corrected chi connectivity index (χ3v) is 1.93. The van der Waals surface area contributed by atoms with Gasteiger partial charge in [0.05, 0.1) is 18.6 Å². The number of hydrogen-bond donors (Lipinski definition) is 3. The Kier molecular flexibility index (Phi) is 5.11. The summed E-state index contributed by atoms with van der Waals surface area (Å²) in [7, 11) is 0. The topological polar surface area (TPSA) is 117 Å². The van der Waals surface area contributed by atoms with Crippen LogP contribution in [0.25, 0.3) is 0 Å². The van der Waals surface area contributed by atoms with E-state index in [9.17, 15) is 14.7 Å². The molecule has 0 saturated heterocycles. The van der Waals surface area contributed by atoms with Gasteiger partial charge in [0.15, 0.2) is 6.04 Å². The molecule has 0 spiro atoms. The summed E-state index contributed by atoms with van der Waals surface area (Å²) < 4.78 is 0. The van der Waals surface area contributed by atoms with E-state index in [1.807, 2.05) is 0 Å². The van der Waals surface area contributed by atoms with Crippen LogP contribution in [0.5, 0.6) is 0 Å². The van der Waals surface area contributed by atoms with E-state index < -0.39 is 30.6 Å². The number of carbonyl (C=O) groups is 2. The van der Waals surface area contributed by atoms with Gasteiger partial charge in [0.1, 0.15) is 0 Å². The first kappa shape index (κ1) is 12.9. The summed E-state index contributed by atoms with van der Waals surface area (Å²) in [6.07, 6.45) is 0. The van der Waals surface area contributed by atoms with Gasteiger partial charge < -0.3 is 26.1 Å². The van der Waals surface area contributed by atoms with Crippen molar-refractivity contribution in [2.75, 3.05) is 6.61 Å². The van der Waals surface area contributed by atoms with E-state index in [2.05, 4.69) is 11.1 Å². The lowest BCUT2D eigenvalue weighted by Crippen LogP contribution is -2.71. The normalized spacial score (nSPS) is 14.9. The van der Waals surface area contributed by atoms with Crippen LogP contribution in [0.1, 0.15) is 13.8 Å². The Morgan fingerprint density at radius 2 is 2.00 bits per heavy atom. The summed E-state index contributed by atoms with van der Waals surface area (Å²) >= 11 is 0. The Morgan fingerprint density at radius 1 is 1.50 bits per heavy atom. The predicted octanol–water partition coefficient (Wildman–Crippen LogP) is -3.52. The van der Waals surface area contributed by atoms with Gasteiger partial charge in [-0.05, 0) is 0 Å². The van der Waals surface area contributed by atoms with Crippen molar-refractivity contribution < 1.29 is 25.5 Å². The standard InChI is InChI=1S/C8H16N2O4/c1-4(2)6(9)7(12)10-5(3-11)8(13)14/h4-6,11H,3,9H2,1-2H3,(H,10,12)(H,13,14)/t5-,6-/m1/s1. The van der Waals surface area contributed by atoms with Crippen molar-refractivity contribution in [3.05, 3.63) is 0 Å². The zero-order chi connectivity index (χ0) is 11.3. The number of carboxylic acid groups (broad SMARTS) is 1. The maximum atomic E-state index is 11.3. The molecule has 0 aromatic heterocycles. The van der Waals surface area contributed by atoms with Crippen LogP contribution >= 0.6 is 0 Å². The molecule has 2 atom stereocenters. The third kappa shape index (κ3) is 3.71. The third-order valence-electron chi connectivity index (χ3n) is 1.93. The van der Waals surface area contributed by atoms with Gasteiger partial charge in [-0.25, -0.2) is 0 Å². The maximum Gasteiger partial charge on any atom is 0.279 e. The van der Waals surface area contributed by atoms with E-state index in [0.29, 0.717) is 0 Å². The summed E-state index contributed by atoms with van der Waals surface area (Å²) in [6.45, 7) is 2.91. The van der Waals surface area contributed by atoms with E-state index in [-0.39, 0.29) is 5.92 Å². The Hall–Kier alpha value is -1.14. The van der Waals surface area contributed by atoms with Crippen molar-refractivity contribution in [1.82, 2.24) is 5.32 Å². The second kappa shape index (κ2) is 5.56. The van der Waals surface area contributed by atoms with Crippen LogP contribution in [0.3, 0.4) is 0 Å². The highest BCUT2D eigenvalue weighted by Crippen LogP contribution is 1.96. The SMILES string of the molecule is CC(C)[C@@H]([NH3+])C(=O)N[C@H](CO)C(=O)[O-]. The molecule has 6 heteroatoms. The first-order valence-electron chi connectivity index (χ1n) is 4.35. The smallest absolute Gasteiger partial charge is 0.279 e. The number of carboxylic acids is 1. The minimum Gasteiger partial charge on any atom is -0.548 e. The van der Waals surface area contributed by atoms with Gasteiger partial charge in [0.25, 0.3) is 5.91 Å². The lowest BCUT2D eigenvalue weighted by molar-refractivity contribution is -0.414. The number of carbonyl (C=O) groups excluding carboxylic acids is 2. The molecule has 0 aromatic carbocycles. The molecule has 6 nitrogen and oxygen atoms in total. The lowest BCUT2D eigenvalue weighted by Gasteiger charge is -2.19. The summed E-state index contributed by atoms with van der Waals surface area (Å²) in [6, 6.07) is -1.89. The molecular formula is C8H16N2O4. The lowest BCUT2D eigenvalue weighted by atomic mass is 10.0. The van der Waals surface area contributed by atoms with E-state index in [1.165, 1.54) is 0 Å². The minimum atomic E-state index is -1.50. The molecule has 14 heavy (non-hydrogen) atoms. The van der Waals surface area contributed by atoms with Crippen LogP contribution in [0.4, 0.5) is 0 Å². The first-order chi connectivity index (χ1) is 6.40. The second-order valence-corrected chi connectivity index (χ2v) is 3.41. The minimum absolute atomic E-state index is 0.0103. The van der Waals surface area contributed by atoms with Crippen molar-refractivity contribution in [2.45, 2.75) is 25.9 Å². The van der Waals surface area contributed by atoms with Crippen LogP contribution in [0, 0.1) is 5.92 Å².